The Morgan fingerprint density at radius 2 is 2.11 bits per heavy atom. The van der Waals surface area contributed by atoms with Gasteiger partial charge in [-0.15, -0.1) is 0 Å². The number of aromatic nitrogens is 2. The number of halogens is 1. The first kappa shape index (κ1) is 12.8. The molecule has 2 N–H and O–H groups in total. The lowest BCUT2D eigenvalue weighted by atomic mass is 10.0. The fourth-order valence-corrected chi connectivity index (χ4v) is 1.94. The lowest BCUT2D eigenvalue weighted by molar-refractivity contribution is 0.276. The molecule has 1 unspecified atom stereocenters. The minimum absolute atomic E-state index is 0.0214. The Labute approximate surface area is 111 Å². The largest absolute Gasteiger partial charge is 0.394 e. The van der Waals surface area contributed by atoms with Crippen molar-refractivity contribution in [1.29, 1.82) is 0 Å². The van der Waals surface area contributed by atoms with Crippen LogP contribution in [0.4, 0.5) is 5.82 Å². The van der Waals surface area contributed by atoms with Gasteiger partial charge in [0.1, 0.15) is 5.82 Å². The number of hydrogen-bond donors (Lipinski definition) is 2. The highest BCUT2D eigenvalue weighted by Crippen LogP contribution is 2.21. The zero-order valence-corrected chi connectivity index (χ0v) is 10.7. The molecule has 1 aromatic heterocycles. The summed E-state index contributed by atoms with van der Waals surface area (Å²) in [6.45, 7) is 1.99. The summed E-state index contributed by atoms with van der Waals surface area (Å²) in [5.74, 6) is 0.595. The van der Waals surface area contributed by atoms with Gasteiger partial charge in [-0.05, 0) is 35.7 Å². The number of aryl methyl sites for hydroxylation is 1. The zero-order valence-electron chi connectivity index (χ0n) is 9.97. The molecule has 0 amide bonds. The van der Waals surface area contributed by atoms with Crippen LogP contribution in [0.5, 0.6) is 0 Å². The average Bonchev–Trinajstić information content (AvgIpc) is 2.37. The number of aliphatic hydroxyl groups is 1. The molecule has 4 nitrogen and oxygen atoms in total. The molecular formula is C13H14ClN3O. The van der Waals surface area contributed by atoms with Gasteiger partial charge in [0.05, 0.1) is 12.6 Å². The molecule has 0 aliphatic carbocycles. The van der Waals surface area contributed by atoms with Crippen molar-refractivity contribution < 1.29 is 5.11 Å². The van der Waals surface area contributed by atoms with Gasteiger partial charge in [-0.2, -0.15) is 0 Å². The molecule has 0 spiro atoms. The highest BCUT2D eigenvalue weighted by molar-refractivity contribution is 6.28. The van der Waals surface area contributed by atoms with Crippen LogP contribution in [0.2, 0.25) is 5.28 Å². The minimum atomic E-state index is -0.211. The SMILES string of the molecule is Cc1ccccc1C(CO)Nc1ccnc(Cl)n1. The van der Waals surface area contributed by atoms with E-state index in [1.807, 2.05) is 31.2 Å². The molecule has 0 saturated heterocycles. The van der Waals surface area contributed by atoms with Crippen molar-refractivity contribution in [1.82, 2.24) is 9.97 Å². The van der Waals surface area contributed by atoms with E-state index in [2.05, 4.69) is 15.3 Å². The predicted octanol–water partition coefficient (Wildman–Crippen LogP) is 2.58. The average molecular weight is 264 g/mol. The summed E-state index contributed by atoms with van der Waals surface area (Å²) >= 11 is 5.72. The number of benzene rings is 1. The molecule has 0 aliphatic rings. The number of anilines is 1. The first-order chi connectivity index (χ1) is 8.70. The van der Waals surface area contributed by atoms with Gasteiger partial charge in [0.15, 0.2) is 0 Å². The third-order valence-electron chi connectivity index (χ3n) is 2.69. The molecule has 1 atom stereocenters. The van der Waals surface area contributed by atoms with Crippen molar-refractivity contribution in [3.05, 3.63) is 52.9 Å². The zero-order chi connectivity index (χ0) is 13.0. The first-order valence-electron chi connectivity index (χ1n) is 5.62. The van der Waals surface area contributed by atoms with E-state index in [1.54, 1.807) is 12.3 Å². The van der Waals surface area contributed by atoms with Crippen molar-refractivity contribution in [3.63, 3.8) is 0 Å². The quantitative estimate of drug-likeness (QED) is 0.833. The van der Waals surface area contributed by atoms with Crippen LogP contribution in [0.1, 0.15) is 17.2 Å². The summed E-state index contributed by atoms with van der Waals surface area (Å²) in [5, 5.41) is 12.8. The maximum absolute atomic E-state index is 9.50. The summed E-state index contributed by atoms with van der Waals surface area (Å²) in [5.41, 5.74) is 2.15. The molecule has 94 valence electrons. The van der Waals surface area contributed by atoms with Gasteiger partial charge in [-0.25, -0.2) is 9.97 Å². The van der Waals surface area contributed by atoms with Crippen molar-refractivity contribution in [2.24, 2.45) is 0 Å². The Morgan fingerprint density at radius 1 is 1.33 bits per heavy atom. The summed E-state index contributed by atoms with van der Waals surface area (Å²) in [6.07, 6.45) is 1.57. The number of aliphatic hydroxyl groups excluding tert-OH is 1. The molecule has 0 bridgehead atoms. The lowest BCUT2D eigenvalue weighted by Crippen LogP contribution is -2.16. The predicted molar refractivity (Wildman–Crippen MR) is 71.7 cm³/mol. The monoisotopic (exact) mass is 263 g/mol. The Balaban J connectivity index is 2.23. The summed E-state index contributed by atoms with van der Waals surface area (Å²) in [4.78, 5) is 7.86. The summed E-state index contributed by atoms with van der Waals surface area (Å²) in [7, 11) is 0. The molecule has 0 aliphatic heterocycles. The molecular weight excluding hydrogens is 250 g/mol. The standard InChI is InChI=1S/C13H14ClN3O/c1-9-4-2-3-5-10(9)11(8-18)16-12-6-7-15-13(14)17-12/h2-7,11,18H,8H2,1H3,(H,15,16,17). The molecule has 1 heterocycles. The Kier molecular flexibility index (Phi) is 4.12. The van der Waals surface area contributed by atoms with Crippen LogP contribution in [-0.2, 0) is 0 Å². The topological polar surface area (TPSA) is 58.0 Å². The van der Waals surface area contributed by atoms with Crippen LogP contribution >= 0.6 is 11.6 Å². The van der Waals surface area contributed by atoms with E-state index in [1.165, 1.54) is 0 Å². The van der Waals surface area contributed by atoms with Crippen LogP contribution in [-0.4, -0.2) is 21.7 Å². The van der Waals surface area contributed by atoms with Crippen molar-refractivity contribution in [2.75, 3.05) is 11.9 Å². The van der Waals surface area contributed by atoms with E-state index in [0.29, 0.717) is 5.82 Å². The van der Waals surface area contributed by atoms with Crippen molar-refractivity contribution in [3.8, 4) is 0 Å². The molecule has 5 heteroatoms. The lowest BCUT2D eigenvalue weighted by Gasteiger charge is -2.19. The van der Waals surface area contributed by atoms with Crippen LogP contribution in [0.3, 0.4) is 0 Å². The molecule has 1 aromatic carbocycles. The minimum Gasteiger partial charge on any atom is -0.394 e. The second-order valence-corrected chi connectivity index (χ2v) is 4.29. The highest BCUT2D eigenvalue weighted by Gasteiger charge is 2.12. The Bertz CT molecular complexity index is 533. The number of rotatable bonds is 4. The maximum Gasteiger partial charge on any atom is 0.224 e. The van der Waals surface area contributed by atoms with E-state index in [-0.39, 0.29) is 17.9 Å². The van der Waals surface area contributed by atoms with E-state index < -0.39 is 0 Å². The van der Waals surface area contributed by atoms with Gasteiger partial charge >= 0.3 is 0 Å². The molecule has 2 aromatic rings. The maximum atomic E-state index is 9.50. The van der Waals surface area contributed by atoms with E-state index in [4.69, 9.17) is 11.6 Å². The number of nitrogens with one attached hydrogen (secondary N) is 1. The van der Waals surface area contributed by atoms with Crippen LogP contribution in [0, 0.1) is 6.92 Å². The second kappa shape index (κ2) is 5.80. The van der Waals surface area contributed by atoms with E-state index >= 15 is 0 Å². The Hall–Kier alpha value is -1.65. The Morgan fingerprint density at radius 3 is 2.78 bits per heavy atom. The van der Waals surface area contributed by atoms with Crippen molar-refractivity contribution >= 4 is 17.4 Å². The van der Waals surface area contributed by atoms with E-state index in [9.17, 15) is 5.11 Å². The van der Waals surface area contributed by atoms with Gasteiger partial charge in [0.2, 0.25) is 5.28 Å². The van der Waals surface area contributed by atoms with Gasteiger partial charge in [-0.3, -0.25) is 0 Å². The first-order valence-corrected chi connectivity index (χ1v) is 6.00. The van der Waals surface area contributed by atoms with Crippen LogP contribution < -0.4 is 5.32 Å². The van der Waals surface area contributed by atoms with Crippen molar-refractivity contribution in [2.45, 2.75) is 13.0 Å². The van der Waals surface area contributed by atoms with Gasteiger partial charge < -0.3 is 10.4 Å². The third kappa shape index (κ3) is 2.97. The molecule has 0 saturated carbocycles. The fraction of sp³-hybridized carbons (Fsp3) is 0.231. The second-order valence-electron chi connectivity index (χ2n) is 3.95. The summed E-state index contributed by atoms with van der Waals surface area (Å²) < 4.78 is 0. The summed E-state index contributed by atoms with van der Waals surface area (Å²) in [6, 6.07) is 9.40. The van der Waals surface area contributed by atoms with Gasteiger partial charge in [0, 0.05) is 6.20 Å². The van der Waals surface area contributed by atoms with E-state index in [0.717, 1.165) is 11.1 Å². The number of hydrogen-bond acceptors (Lipinski definition) is 4. The fourth-order valence-electron chi connectivity index (χ4n) is 1.79. The highest BCUT2D eigenvalue weighted by atomic mass is 35.5. The van der Waals surface area contributed by atoms with Crippen LogP contribution in [0.25, 0.3) is 0 Å². The third-order valence-corrected chi connectivity index (χ3v) is 2.88. The van der Waals surface area contributed by atoms with Crippen LogP contribution in [0.15, 0.2) is 36.5 Å². The molecule has 0 fully saturated rings. The van der Waals surface area contributed by atoms with Gasteiger partial charge in [-0.1, -0.05) is 24.3 Å². The number of nitrogens with zero attached hydrogens (tertiary/aromatic N) is 2. The molecule has 0 radical (unpaired) electrons. The molecule has 2 rings (SSSR count). The molecule has 18 heavy (non-hydrogen) atoms. The van der Waals surface area contributed by atoms with Gasteiger partial charge in [0.25, 0.3) is 0 Å². The smallest absolute Gasteiger partial charge is 0.224 e. The normalized spacial score (nSPS) is 12.2.